The summed E-state index contributed by atoms with van der Waals surface area (Å²) in [6.45, 7) is 9.01. The monoisotopic (exact) mass is 261 g/mol. The molecule has 1 aromatic carbocycles. The van der Waals surface area contributed by atoms with Gasteiger partial charge in [0.15, 0.2) is 0 Å². The molecule has 1 unspecified atom stereocenters. The molecule has 0 spiro atoms. The molecule has 0 heterocycles. The minimum Gasteiger partial charge on any atom is -0.317 e. The number of nitrogens with one attached hydrogen (secondary N) is 1. The highest BCUT2D eigenvalue weighted by Gasteiger charge is 2.02. The average Bonchev–Trinajstić information content (AvgIpc) is 2.46. The van der Waals surface area contributed by atoms with Gasteiger partial charge in [-0.25, -0.2) is 0 Å². The van der Waals surface area contributed by atoms with E-state index in [0.29, 0.717) is 5.92 Å². The molecule has 1 heteroatoms. The first-order chi connectivity index (χ1) is 9.27. The van der Waals surface area contributed by atoms with E-state index >= 15 is 0 Å². The van der Waals surface area contributed by atoms with Crippen LogP contribution in [0.3, 0.4) is 0 Å². The molecule has 0 bridgehead atoms. The molecule has 0 aliphatic heterocycles. The van der Waals surface area contributed by atoms with E-state index in [0.717, 1.165) is 6.54 Å². The molecule has 0 saturated heterocycles. The fourth-order valence-corrected chi connectivity index (χ4v) is 2.36. The van der Waals surface area contributed by atoms with Gasteiger partial charge in [0.25, 0.3) is 0 Å². The maximum absolute atomic E-state index is 3.38. The van der Waals surface area contributed by atoms with E-state index in [2.05, 4.69) is 50.4 Å². The highest BCUT2D eigenvalue weighted by atomic mass is 14.8. The molecular formula is C18H31N. The smallest absolute Gasteiger partial charge is 0.00490 e. The summed E-state index contributed by atoms with van der Waals surface area (Å²) in [4.78, 5) is 0. The van der Waals surface area contributed by atoms with E-state index < -0.39 is 0 Å². The Morgan fingerprint density at radius 1 is 0.947 bits per heavy atom. The third-order valence-electron chi connectivity index (χ3n) is 3.98. The van der Waals surface area contributed by atoms with Gasteiger partial charge in [0.05, 0.1) is 0 Å². The van der Waals surface area contributed by atoms with Crippen LogP contribution in [-0.4, -0.2) is 13.1 Å². The van der Waals surface area contributed by atoms with Gasteiger partial charge >= 0.3 is 0 Å². The third-order valence-corrected chi connectivity index (χ3v) is 3.98. The van der Waals surface area contributed by atoms with Crippen LogP contribution in [0.2, 0.25) is 0 Å². The second kappa shape index (κ2) is 10.0. The normalized spacial score (nSPS) is 12.6. The van der Waals surface area contributed by atoms with E-state index in [1.807, 2.05) is 0 Å². The van der Waals surface area contributed by atoms with E-state index in [1.165, 1.54) is 56.2 Å². The van der Waals surface area contributed by atoms with Gasteiger partial charge in [0.2, 0.25) is 0 Å². The molecule has 0 aliphatic carbocycles. The SMILES string of the molecule is CCNCCCCCCc1ccc(C(C)CC)cc1. The summed E-state index contributed by atoms with van der Waals surface area (Å²) in [6.07, 6.45) is 7.83. The van der Waals surface area contributed by atoms with E-state index in [1.54, 1.807) is 0 Å². The lowest BCUT2D eigenvalue weighted by Gasteiger charge is -2.09. The average molecular weight is 261 g/mol. The topological polar surface area (TPSA) is 12.0 Å². The van der Waals surface area contributed by atoms with Crippen molar-refractivity contribution in [3.8, 4) is 0 Å². The minimum atomic E-state index is 0.695. The van der Waals surface area contributed by atoms with E-state index in [9.17, 15) is 0 Å². The van der Waals surface area contributed by atoms with Crippen LogP contribution in [0.5, 0.6) is 0 Å². The van der Waals surface area contributed by atoms with Gasteiger partial charge in [-0.2, -0.15) is 0 Å². The van der Waals surface area contributed by atoms with Gasteiger partial charge in [-0.05, 0) is 55.8 Å². The van der Waals surface area contributed by atoms with Crippen molar-refractivity contribution in [1.29, 1.82) is 0 Å². The maximum Gasteiger partial charge on any atom is -0.00490 e. The Balaban J connectivity index is 2.16. The van der Waals surface area contributed by atoms with Crippen molar-refractivity contribution >= 4 is 0 Å². The first-order valence-electron chi connectivity index (χ1n) is 8.07. The van der Waals surface area contributed by atoms with Crippen molar-refractivity contribution in [2.24, 2.45) is 0 Å². The van der Waals surface area contributed by atoms with Crippen molar-refractivity contribution in [2.45, 2.75) is 65.2 Å². The molecular weight excluding hydrogens is 230 g/mol. The molecule has 1 aromatic rings. The van der Waals surface area contributed by atoms with Gasteiger partial charge in [-0.15, -0.1) is 0 Å². The molecule has 0 aliphatic rings. The summed E-state index contributed by atoms with van der Waals surface area (Å²) in [7, 11) is 0. The molecule has 1 atom stereocenters. The van der Waals surface area contributed by atoms with Crippen LogP contribution in [0, 0.1) is 0 Å². The summed E-state index contributed by atoms with van der Waals surface area (Å²) >= 11 is 0. The highest BCUT2D eigenvalue weighted by molar-refractivity contribution is 5.25. The lowest BCUT2D eigenvalue weighted by molar-refractivity contribution is 0.598. The van der Waals surface area contributed by atoms with E-state index in [4.69, 9.17) is 0 Å². The van der Waals surface area contributed by atoms with Crippen LogP contribution < -0.4 is 5.32 Å². The molecule has 0 amide bonds. The first-order valence-corrected chi connectivity index (χ1v) is 8.07. The van der Waals surface area contributed by atoms with Crippen molar-refractivity contribution in [2.75, 3.05) is 13.1 Å². The van der Waals surface area contributed by atoms with Crippen LogP contribution in [0.4, 0.5) is 0 Å². The molecule has 1 N–H and O–H groups in total. The molecule has 1 nitrogen and oxygen atoms in total. The molecule has 108 valence electrons. The number of aryl methyl sites for hydroxylation is 1. The summed E-state index contributed by atoms with van der Waals surface area (Å²) in [5, 5.41) is 3.38. The zero-order chi connectivity index (χ0) is 13.9. The summed E-state index contributed by atoms with van der Waals surface area (Å²) in [5.74, 6) is 0.695. The number of hydrogen-bond donors (Lipinski definition) is 1. The van der Waals surface area contributed by atoms with Gasteiger partial charge in [-0.3, -0.25) is 0 Å². The molecule has 0 saturated carbocycles. The van der Waals surface area contributed by atoms with Crippen LogP contribution in [0.25, 0.3) is 0 Å². The Kier molecular flexibility index (Phi) is 8.57. The van der Waals surface area contributed by atoms with Crippen LogP contribution in [0.1, 0.15) is 69.9 Å². The third kappa shape index (κ3) is 6.77. The summed E-state index contributed by atoms with van der Waals surface area (Å²) < 4.78 is 0. The maximum atomic E-state index is 3.38. The lowest BCUT2D eigenvalue weighted by atomic mass is 9.96. The Morgan fingerprint density at radius 2 is 1.63 bits per heavy atom. The van der Waals surface area contributed by atoms with Crippen LogP contribution in [0.15, 0.2) is 24.3 Å². The highest BCUT2D eigenvalue weighted by Crippen LogP contribution is 2.19. The Morgan fingerprint density at radius 3 is 2.26 bits per heavy atom. The van der Waals surface area contributed by atoms with Gasteiger partial charge < -0.3 is 5.32 Å². The Labute approximate surface area is 119 Å². The molecule has 19 heavy (non-hydrogen) atoms. The van der Waals surface area contributed by atoms with Gasteiger partial charge in [0, 0.05) is 0 Å². The zero-order valence-corrected chi connectivity index (χ0v) is 13.0. The standard InChI is InChI=1S/C18H31N/c1-4-16(3)18-13-11-17(12-14-18)10-8-6-7-9-15-19-5-2/h11-14,16,19H,4-10,15H2,1-3H3. The predicted octanol–water partition coefficient (Wildman–Crippen LogP) is 4.91. The fraction of sp³-hybridized carbons (Fsp3) is 0.667. The number of benzene rings is 1. The van der Waals surface area contributed by atoms with Crippen molar-refractivity contribution in [1.82, 2.24) is 5.32 Å². The second-order valence-corrected chi connectivity index (χ2v) is 5.57. The van der Waals surface area contributed by atoms with Crippen LogP contribution in [-0.2, 0) is 6.42 Å². The number of rotatable bonds is 10. The largest absolute Gasteiger partial charge is 0.317 e. The van der Waals surface area contributed by atoms with Crippen molar-refractivity contribution in [3.63, 3.8) is 0 Å². The predicted molar refractivity (Wildman–Crippen MR) is 85.9 cm³/mol. The summed E-state index contributed by atoms with van der Waals surface area (Å²) in [5.41, 5.74) is 2.98. The Hall–Kier alpha value is -0.820. The van der Waals surface area contributed by atoms with Gasteiger partial charge in [0.1, 0.15) is 0 Å². The van der Waals surface area contributed by atoms with Crippen molar-refractivity contribution in [3.05, 3.63) is 35.4 Å². The molecule has 0 fully saturated rings. The molecule has 0 radical (unpaired) electrons. The Bertz CT molecular complexity index is 315. The van der Waals surface area contributed by atoms with Gasteiger partial charge in [-0.1, -0.05) is 57.9 Å². The molecule has 0 aromatic heterocycles. The second-order valence-electron chi connectivity index (χ2n) is 5.57. The summed E-state index contributed by atoms with van der Waals surface area (Å²) in [6, 6.07) is 9.27. The number of unbranched alkanes of at least 4 members (excludes halogenated alkanes) is 3. The minimum absolute atomic E-state index is 0.695. The van der Waals surface area contributed by atoms with Crippen molar-refractivity contribution < 1.29 is 0 Å². The van der Waals surface area contributed by atoms with Crippen LogP contribution >= 0.6 is 0 Å². The zero-order valence-electron chi connectivity index (χ0n) is 13.0. The van der Waals surface area contributed by atoms with E-state index in [-0.39, 0.29) is 0 Å². The quantitative estimate of drug-likeness (QED) is 0.590. The number of hydrogen-bond acceptors (Lipinski definition) is 1. The fourth-order valence-electron chi connectivity index (χ4n) is 2.36. The molecule has 1 rings (SSSR count). The lowest BCUT2D eigenvalue weighted by Crippen LogP contribution is -2.13. The first kappa shape index (κ1) is 16.2.